The number of thiocarbonyl (C=S) groups is 1. The van der Waals surface area contributed by atoms with Crippen molar-refractivity contribution in [1.82, 2.24) is 10.4 Å². The highest BCUT2D eigenvalue weighted by atomic mass is 32.2. The number of rotatable bonds is 6. The minimum atomic E-state index is -0.430. The van der Waals surface area contributed by atoms with E-state index >= 15 is 0 Å². The number of hydrazine groups is 1. The van der Waals surface area contributed by atoms with Crippen LogP contribution >= 0.6 is 24.0 Å². The zero-order valence-electron chi connectivity index (χ0n) is 13.0. The Hall–Kier alpha value is -1.70. The minimum Gasteiger partial charge on any atom is -0.465 e. The lowest BCUT2D eigenvalue weighted by atomic mass is 10.1. The summed E-state index contributed by atoms with van der Waals surface area (Å²) < 4.78 is 5.18. The summed E-state index contributed by atoms with van der Waals surface area (Å²) >= 11 is 6.39. The van der Waals surface area contributed by atoms with Crippen LogP contribution in [0, 0.1) is 0 Å². The molecule has 23 heavy (non-hydrogen) atoms. The summed E-state index contributed by atoms with van der Waals surface area (Å²) in [5.74, 6) is -0.690. The van der Waals surface area contributed by atoms with Gasteiger partial charge in [-0.05, 0) is 30.5 Å². The number of nitrogens with zero attached hydrogens (tertiary/aromatic N) is 1. The van der Waals surface area contributed by atoms with Crippen LogP contribution < -0.4 is 5.43 Å². The number of esters is 1. The van der Waals surface area contributed by atoms with Crippen molar-refractivity contribution in [1.29, 1.82) is 0 Å². The van der Waals surface area contributed by atoms with Crippen LogP contribution in [0.1, 0.15) is 25.0 Å². The van der Waals surface area contributed by atoms with Crippen molar-refractivity contribution < 1.29 is 14.3 Å². The van der Waals surface area contributed by atoms with E-state index in [1.165, 1.54) is 22.3 Å². The van der Waals surface area contributed by atoms with Gasteiger partial charge in [0.1, 0.15) is 6.54 Å². The largest absolute Gasteiger partial charge is 0.465 e. The predicted molar refractivity (Wildman–Crippen MR) is 95.5 cm³/mol. The number of ether oxygens (including phenoxy) is 1. The molecule has 2 rings (SSSR count). The molecular weight excluding hydrogens is 332 g/mol. The van der Waals surface area contributed by atoms with E-state index in [4.69, 9.17) is 17.0 Å². The summed E-state index contributed by atoms with van der Waals surface area (Å²) in [4.78, 5) is 24.2. The first-order valence-corrected chi connectivity index (χ1v) is 8.53. The lowest BCUT2D eigenvalue weighted by Gasteiger charge is -2.14. The lowest BCUT2D eigenvalue weighted by molar-refractivity contribution is -0.143. The zero-order chi connectivity index (χ0) is 16.8. The lowest BCUT2D eigenvalue weighted by Crippen LogP contribution is -2.44. The number of hydrogen-bond acceptors (Lipinski definition) is 6. The van der Waals surface area contributed by atoms with Gasteiger partial charge in [0.25, 0.3) is 5.91 Å². The van der Waals surface area contributed by atoms with E-state index in [1.54, 1.807) is 13.0 Å². The number of amides is 1. The molecule has 5 nitrogen and oxygen atoms in total. The second-order valence-electron chi connectivity index (χ2n) is 4.75. The van der Waals surface area contributed by atoms with Crippen LogP contribution in [0.4, 0.5) is 0 Å². The van der Waals surface area contributed by atoms with Gasteiger partial charge in [-0.3, -0.25) is 9.59 Å². The molecule has 0 aromatic heterocycles. The second kappa shape index (κ2) is 8.24. The normalized spacial score (nSPS) is 16.3. The number of aryl methyl sites for hydroxylation is 1. The molecule has 1 saturated heterocycles. The second-order valence-corrected chi connectivity index (χ2v) is 6.43. The first-order valence-electron chi connectivity index (χ1n) is 7.31. The molecule has 1 heterocycles. The van der Waals surface area contributed by atoms with E-state index < -0.39 is 5.97 Å². The summed E-state index contributed by atoms with van der Waals surface area (Å²) in [6.45, 7) is 4.02. The summed E-state index contributed by atoms with van der Waals surface area (Å²) in [6, 6.07) is 8.01. The first-order chi connectivity index (χ1) is 11.0. The fourth-order valence-corrected chi connectivity index (χ4v) is 3.18. The number of carbonyl (C=O) groups is 2. The number of hydrogen-bond donors (Lipinski definition) is 1. The van der Waals surface area contributed by atoms with Crippen molar-refractivity contribution >= 4 is 46.3 Å². The highest BCUT2D eigenvalue weighted by molar-refractivity contribution is 8.26. The molecule has 0 atom stereocenters. The van der Waals surface area contributed by atoms with E-state index in [0.717, 1.165) is 12.0 Å². The van der Waals surface area contributed by atoms with Crippen LogP contribution in [0.5, 0.6) is 0 Å². The molecule has 0 unspecified atom stereocenters. The molecule has 1 aromatic rings. The fourth-order valence-electron chi connectivity index (χ4n) is 1.96. The van der Waals surface area contributed by atoms with E-state index in [-0.39, 0.29) is 12.5 Å². The summed E-state index contributed by atoms with van der Waals surface area (Å²) in [7, 11) is 0. The molecule has 0 spiro atoms. The van der Waals surface area contributed by atoms with E-state index in [2.05, 4.69) is 12.3 Å². The van der Waals surface area contributed by atoms with E-state index in [9.17, 15) is 9.59 Å². The Bertz CT molecular complexity index is 641. The zero-order valence-corrected chi connectivity index (χ0v) is 14.6. The molecule has 122 valence electrons. The molecule has 0 aliphatic carbocycles. The van der Waals surface area contributed by atoms with Gasteiger partial charge in [0.15, 0.2) is 4.32 Å². The average Bonchev–Trinajstić information content (AvgIpc) is 2.80. The Morgan fingerprint density at radius 1 is 1.35 bits per heavy atom. The number of nitrogens with one attached hydrogen (secondary N) is 1. The van der Waals surface area contributed by atoms with Crippen molar-refractivity contribution in [3.63, 3.8) is 0 Å². The van der Waals surface area contributed by atoms with E-state index in [1.807, 2.05) is 24.3 Å². The molecule has 0 saturated carbocycles. The maximum Gasteiger partial charge on any atom is 0.321 e. The van der Waals surface area contributed by atoms with Crippen LogP contribution in [-0.4, -0.2) is 34.4 Å². The molecule has 0 radical (unpaired) electrons. The van der Waals surface area contributed by atoms with Gasteiger partial charge in [-0.1, -0.05) is 55.2 Å². The van der Waals surface area contributed by atoms with Gasteiger partial charge in [0.05, 0.1) is 11.5 Å². The number of thioether (sulfide) groups is 1. The van der Waals surface area contributed by atoms with Crippen LogP contribution in [-0.2, 0) is 20.7 Å². The van der Waals surface area contributed by atoms with Gasteiger partial charge in [0.2, 0.25) is 0 Å². The Morgan fingerprint density at radius 2 is 2.04 bits per heavy atom. The minimum absolute atomic E-state index is 0.0985. The van der Waals surface area contributed by atoms with Gasteiger partial charge in [-0.2, -0.15) is 0 Å². The van der Waals surface area contributed by atoms with Crippen LogP contribution in [0.2, 0.25) is 0 Å². The summed E-state index contributed by atoms with van der Waals surface area (Å²) in [5.41, 5.74) is 4.89. The van der Waals surface area contributed by atoms with Gasteiger partial charge in [0, 0.05) is 0 Å². The molecule has 1 aromatic carbocycles. The average molecular weight is 350 g/mol. The van der Waals surface area contributed by atoms with Crippen molar-refractivity contribution in [3.05, 3.63) is 40.3 Å². The van der Waals surface area contributed by atoms with Gasteiger partial charge in [-0.25, -0.2) is 10.4 Å². The smallest absolute Gasteiger partial charge is 0.321 e. The quantitative estimate of drug-likeness (QED) is 0.483. The number of carbonyl (C=O) groups excluding carboxylic acids is 2. The van der Waals surface area contributed by atoms with Crippen molar-refractivity contribution in [2.45, 2.75) is 20.3 Å². The van der Waals surface area contributed by atoms with Gasteiger partial charge >= 0.3 is 5.97 Å². The first kappa shape index (κ1) is 17.7. The molecular formula is C16H18N2O3S2. The van der Waals surface area contributed by atoms with Gasteiger partial charge < -0.3 is 4.74 Å². The molecule has 7 heteroatoms. The highest BCUT2D eigenvalue weighted by Gasteiger charge is 2.32. The third-order valence-corrected chi connectivity index (χ3v) is 4.47. The third kappa shape index (κ3) is 4.63. The molecule has 0 bridgehead atoms. The maximum absolute atomic E-state index is 12.3. The summed E-state index contributed by atoms with van der Waals surface area (Å²) in [6.07, 6.45) is 2.77. The molecule has 1 aliphatic rings. The Labute approximate surface area is 145 Å². The third-order valence-electron chi connectivity index (χ3n) is 3.17. The molecule has 1 amide bonds. The monoisotopic (exact) mass is 350 g/mol. The predicted octanol–water partition coefficient (Wildman–Crippen LogP) is 2.52. The van der Waals surface area contributed by atoms with Crippen molar-refractivity contribution in [2.75, 3.05) is 13.2 Å². The SMILES string of the molecule is CCOC(=O)CNN1C(=O)/C(=C\c2ccc(CC)cc2)SC1=S. The van der Waals surface area contributed by atoms with Crippen molar-refractivity contribution in [2.24, 2.45) is 0 Å². The highest BCUT2D eigenvalue weighted by Crippen LogP contribution is 2.31. The Kier molecular flexibility index (Phi) is 6.32. The Morgan fingerprint density at radius 3 is 2.65 bits per heavy atom. The topological polar surface area (TPSA) is 58.6 Å². The Balaban J connectivity index is 2.04. The number of benzene rings is 1. The standard InChI is InChI=1S/C16H18N2O3S2/c1-3-11-5-7-12(8-6-11)9-13-15(20)18(16(22)23-13)17-10-14(19)21-4-2/h5-9,17H,3-4,10H2,1-2H3/b13-9+. The summed E-state index contributed by atoms with van der Waals surface area (Å²) in [5, 5.41) is 1.21. The van der Waals surface area contributed by atoms with Crippen LogP contribution in [0.25, 0.3) is 6.08 Å². The maximum atomic E-state index is 12.3. The molecule has 1 aliphatic heterocycles. The molecule has 1 fully saturated rings. The molecule has 1 N–H and O–H groups in total. The van der Waals surface area contributed by atoms with E-state index in [0.29, 0.717) is 15.8 Å². The van der Waals surface area contributed by atoms with Gasteiger partial charge in [-0.15, -0.1) is 0 Å². The fraction of sp³-hybridized carbons (Fsp3) is 0.312. The van der Waals surface area contributed by atoms with Crippen LogP contribution in [0.3, 0.4) is 0 Å². The van der Waals surface area contributed by atoms with Crippen molar-refractivity contribution in [3.8, 4) is 0 Å². The van der Waals surface area contributed by atoms with Crippen LogP contribution in [0.15, 0.2) is 29.2 Å².